The topological polar surface area (TPSA) is 63.9 Å². The maximum Gasteiger partial charge on any atom is 0.244 e. The zero-order chi connectivity index (χ0) is 11.3. The first kappa shape index (κ1) is 11.6. The third-order valence-corrected chi connectivity index (χ3v) is 2.57. The van der Waals surface area contributed by atoms with Gasteiger partial charge in [0, 0.05) is 13.1 Å². The van der Waals surface area contributed by atoms with Gasteiger partial charge in [-0.2, -0.15) is 0 Å². The largest absolute Gasteiger partial charge is 0.341 e. The van der Waals surface area contributed by atoms with Gasteiger partial charge in [-0.15, -0.1) is 5.10 Å². The molecular weight excluding hydrogens is 194 g/mol. The lowest BCUT2D eigenvalue weighted by atomic mass is 10.1. The molecule has 0 unspecified atom stereocenters. The number of rotatable bonds is 5. The van der Waals surface area contributed by atoms with Gasteiger partial charge in [0.15, 0.2) is 0 Å². The molecule has 0 spiro atoms. The summed E-state index contributed by atoms with van der Waals surface area (Å²) in [5.74, 6) is 0.0380. The van der Waals surface area contributed by atoms with E-state index >= 15 is 0 Å². The van der Waals surface area contributed by atoms with E-state index in [2.05, 4.69) is 29.4 Å². The maximum absolute atomic E-state index is 11.8. The van der Waals surface area contributed by atoms with Crippen molar-refractivity contribution in [2.45, 2.75) is 39.3 Å². The van der Waals surface area contributed by atoms with Crippen molar-refractivity contribution in [3.05, 3.63) is 6.33 Å². The molecule has 0 aliphatic heterocycles. The molecule has 1 heterocycles. The summed E-state index contributed by atoms with van der Waals surface area (Å²) in [5, 5.41) is 10.6. The molecule has 0 radical (unpaired) electrons. The molecule has 1 rings (SSSR count). The minimum atomic E-state index is 0.0380. The molecule has 0 saturated carbocycles. The van der Waals surface area contributed by atoms with E-state index < -0.39 is 0 Å². The van der Waals surface area contributed by atoms with Crippen LogP contribution in [0.3, 0.4) is 0 Å². The maximum atomic E-state index is 11.8. The van der Waals surface area contributed by atoms with E-state index in [4.69, 9.17) is 0 Å². The quantitative estimate of drug-likeness (QED) is 0.703. The van der Waals surface area contributed by atoms with Crippen molar-refractivity contribution < 1.29 is 4.79 Å². The van der Waals surface area contributed by atoms with Gasteiger partial charge in [0.1, 0.15) is 12.9 Å². The van der Waals surface area contributed by atoms with Gasteiger partial charge in [0.05, 0.1) is 0 Å². The highest BCUT2D eigenvalue weighted by Crippen LogP contribution is 2.06. The number of likely N-dealkylation sites (N-methyl/N-ethyl adjacent to an activating group) is 1. The number of amides is 1. The van der Waals surface area contributed by atoms with Gasteiger partial charge in [0.2, 0.25) is 5.91 Å². The summed E-state index contributed by atoms with van der Waals surface area (Å²) < 4.78 is 1.43. The van der Waals surface area contributed by atoms with Crippen LogP contribution in [0.2, 0.25) is 0 Å². The fourth-order valence-electron chi connectivity index (χ4n) is 1.54. The van der Waals surface area contributed by atoms with Crippen molar-refractivity contribution in [1.82, 2.24) is 25.1 Å². The van der Waals surface area contributed by atoms with Crippen LogP contribution in [0.25, 0.3) is 0 Å². The Kier molecular flexibility index (Phi) is 4.20. The van der Waals surface area contributed by atoms with Crippen LogP contribution in [0.5, 0.6) is 0 Å². The summed E-state index contributed by atoms with van der Waals surface area (Å²) in [4.78, 5) is 13.5. The molecule has 1 aromatic heterocycles. The smallest absolute Gasteiger partial charge is 0.244 e. The van der Waals surface area contributed by atoms with Gasteiger partial charge in [0.25, 0.3) is 0 Å². The van der Waals surface area contributed by atoms with E-state index in [0.717, 1.165) is 12.8 Å². The molecule has 0 aromatic carbocycles. The fraction of sp³-hybridized carbons (Fsp3) is 0.778. The summed E-state index contributed by atoms with van der Waals surface area (Å²) >= 11 is 0. The fourth-order valence-corrected chi connectivity index (χ4v) is 1.54. The molecule has 0 N–H and O–H groups in total. The first-order valence-corrected chi connectivity index (χ1v) is 5.15. The van der Waals surface area contributed by atoms with Gasteiger partial charge in [-0.25, -0.2) is 4.68 Å². The number of carbonyl (C=O) groups excluding carboxylic acids is 1. The number of nitrogens with zero attached hydrogens (tertiary/aromatic N) is 5. The van der Waals surface area contributed by atoms with Crippen LogP contribution in [0.4, 0.5) is 0 Å². The van der Waals surface area contributed by atoms with Crippen LogP contribution in [-0.2, 0) is 11.3 Å². The van der Waals surface area contributed by atoms with Crippen LogP contribution >= 0.6 is 0 Å². The molecule has 0 bridgehead atoms. The van der Waals surface area contributed by atoms with Crippen molar-refractivity contribution in [2.24, 2.45) is 0 Å². The lowest BCUT2D eigenvalue weighted by molar-refractivity contribution is -0.133. The number of hydrogen-bond acceptors (Lipinski definition) is 4. The predicted octanol–water partition coefficient (Wildman–Crippen LogP) is 0.320. The van der Waals surface area contributed by atoms with E-state index in [1.807, 2.05) is 7.05 Å². The molecule has 0 aliphatic carbocycles. The Labute approximate surface area is 89.3 Å². The Bertz CT molecular complexity index is 293. The van der Waals surface area contributed by atoms with Crippen LogP contribution in [0.15, 0.2) is 6.33 Å². The minimum absolute atomic E-state index is 0.0380. The van der Waals surface area contributed by atoms with E-state index in [1.54, 1.807) is 4.90 Å². The van der Waals surface area contributed by atoms with Crippen molar-refractivity contribution in [2.75, 3.05) is 7.05 Å². The molecule has 84 valence electrons. The van der Waals surface area contributed by atoms with Gasteiger partial charge >= 0.3 is 0 Å². The van der Waals surface area contributed by atoms with Crippen molar-refractivity contribution in [3.63, 3.8) is 0 Å². The van der Waals surface area contributed by atoms with Gasteiger partial charge in [-0.05, 0) is 23.3 Å². The SMILES string of the molecule is CCC(CC)N(C)C(=O)Cn1cnnn1. The second-order valence-electron chi connectivity index (χ2n) is 3.48. The van der Waals surface area contributed by atoms with Crippen LogP contribution < -0.4 is 0 Å². The number of carbonyl (C=O) groups is 1. The number of tetrazole rings is 1. The minimum Gasteiger partial charge on any atom is -0.341 e. The highest BCUT2D eigenvalue weighted by Gasteiger charge is 2.16. The van der Waals surface area contributed by atoms with Crippen LogP contribution in [0.1, 0.15) is 26.7 Å². The van der Waals surface area contributed by atoms with E-state index in [9.17, 15) is 4.79 Å². The number of hydrogen-bond donors (Lipinski definition) is 0. The normalized spacial score (nSPS) is 10.7. The Morgan fingerprint density at radius 1 is 1.47 bits per heavy atom. The second kappa shape index (κ2) is 5.43. The molecular formula is C9H17N5O. The molecule has 1 aromatic rings. The molecule has 0 fully saturated rings. The van der Waals surface area contributed by atoms with Gasteiger partial charge in [-0.3, -0.25) is 4.79 Å². The third kappa shape index (κ3) is 3.00. The third-order valence-electron chi connectivity index (χ3n) is 2.57. The van der Waals surface area contributed by atoms with E-state index in [1.165, 1.54) is 11.0 Å². The highest BCUT2D eigenvalue weighted by molar-refractivity contribution is 5.75. The zero-order valence-electron chi connectivity index (χ0n) is 9.42. The monoisotopic (exact) mass is 211 g/mol. The summed E-state index contributed by atoms with van der Waals surface area (Å²) in [6, 6.07) is 0.300. The van der Waals surface area contributed by atoms with Gasteiger partial charge in [-0.1, -0.05) is 13.8 Å². The Morgan fingerprint density at radius 3 is 2.60 bits per heavy atom. The summed E-state index contributed by atoms with van der Waals surface area (Å²) in [5.41, 5.74) is 0. The Morgan fingerprint density at radius 2 is 2.13 bits per heavy atom. The first-order chi connectivity index (χ1) is 7.19. The summed E-state index contributed by atoms with van der Waals surface area (Å²) in [6.07, 6.45) is 3.38. The highest BCUT2D eigenvalue weighted by atomic mass is 16.2. The number of aromatic nitrogens is 4. The molecule has 0 saturated heterocycles. The second-order valence-corrected chi connectivity index (χ2v) is 3.48. The molecule has 1 amide bonds. The Balaban J connectivity index is 2.53. The first-order valence-electron chi connectivity index (χ1n) is 5.15. The lowest BCUT2D eigenvalue weighted by Crippen LogP contribution is -2.38. The van der Waals surface area contributed by atoms with Crippen LogP contribution in [-0.4, -0.2) is 44.1 Å². The van der Waals surface area contributed by atoms with Crippen LogP contribution in [0, 0.1) is 0 Å². The molecule has 0 atom stereocenters. The van der Waals surface area contributed by atoms with E-state index in [0.29, 0.717) is 6.04 Å². The average Bonchev–Trinajstić information content (AvgIpc) is 2.72. The molecule has 15 heavy (non-hydrogen) atoms. The molecule has 6 nitrogen and oxygen atoms in total. The van der Waals surface area contributed by atoms with Gasteiger partial charge < -0.3 is 4.90 Å². The summed E-state index contributed by atoms with van der Waals surface area (Å²) in [7, 11) is 1.82. The van der Waals surface area contributed by atoms with Crippen molar-refractivity contribution in [1.29, 1.82) is 0 Å². The zero-order valence-corrected chi connectivity index (χ0v) is 9.42. The predicted molar refractivity (Wildman–Crippen MR) is 55.0 cm³/mol. The molecule has 6 heteroatoms. The van der Waals surface area contributed by atoms with Crippen molar-refractivity contribution >= 4 is 5.91 Å². The average molecular weight is 211 g/mol. The Hall–Kier alpha value is -1.46. The van der Waals surface area contributed by atoms with Crippen molar-refractivity contribution in [3.8, 4) is 0 Å². The van der Waals surface area contributed by atoms with E-state index in [-0.39, 0.29) is 12.5 Å². The standard InChI is InChI=1S/C9H17N5O/c1-4-8(5-2)13(3)9(15)6-14-7-10-11-12-14/h7-8H,4-6H2,1-3H3. The molecule has 0 aliphatic rings. The summed E-state index contributed by atoms with van der Waals surface area (Å²) in [6.45, 7) is 4.37. The lowest BCUT2D eigenvalue weighted by Gasteiger charge is -2.26.